The van der Waals surface area contributed by atoms with Crippen molar-refractivity contribution in [3.8, 4) is 27.5 Å². The van der Waals surface area contributed by atoms with Gasteiger partial charge in [0.15, 0.2) is 0 Å². The van der Waals surface area contributed by atoms with Crippen molar-refractivity contribution in [1.82, 2.24) is 14.9 Å². The lowest BCUT2D eigenvalue weighted by molar-refractivity contribution is 0.0951. The molecule has 4 nitrogen and oxygen atoms in total. The monoisotopic (exact) mass is 449 g/mol. The summed E-state index contributed by atoms with van der Waals surface area (Å²) in [6, 6.07) is 28.2. The summed E-state index contributed by atoms with van der Waals surface area (Å²) in [6.07, 6.45) is 3.96. The van der Waals surface area contributed by atoms with Crippen LogP contribution in [0, 0.1) is 6.92 Å². The van der Waals surface area contributed by atoms with E-state index in [2.05, 4.69) is 54.0 Å². The third-order valence-corrected chi connectivity index (χ3v) is 6.43. The van der Waals surface area contributed by atoms with Crippen molar-refractivity contribution in [3.05, 3.63) is 119 Å². The van der Waals surface area contributed by atoms with Crippen LogP contribution in [0.3, 0.4) is 0 Å². The summed E-state index contributed by atoms with van der Waals surface area (Å²) < 4.78 is 2.01. The molecule has 2 aromatic heterocycles. The number of rotatable bonds is 6. The van der Waals surface area contributed by atoms with Crippen molar-refractivity contribution in [3.63, 3.8) is 0 Å². The standard InChI is InChI=1S/C28H23N3OS/c1-20-4-8-22(9-5-20)26-19-33-28(30-26)24-10-6-21(7-11-24)18-29-27(32)23-12-14-25(15-13-23)31-16-2-3-17-31/h2-17,19H,18H2,1H3,(H,29,32). The van der Waals surface area contributed by atoms with Crippen LogP contribution in [-0.4, -0.2) is 15.5 Å². The Bertz CT molecular complexity index is 1350. The predicted molar refractivity (Wildman–Crippen MR) is 135 cm³/mol. The molecular weight excluding hydrogens is 426 g/mol. The van der Waals surface area contributed by atoms with Gasteiger partial charge in [0.05, 0.1) is 5.69 Å². The Kier molecular flexibility index (Phi) is 5.87. The van der Waals surface area contributed by atoms with Crippen LogP contribution in [0.25, 0.3) is 27.5 Å². The van der Waals surface area contributed by atoms with Gasteiger partial charge in [-0.05, 0) is 48.9 Å². The number of nitrogens with zero attached hydrogens (tertiary/aromatic N) is 2. The summed E-state index contributed by atoms with van der Waals surface area (Å²) in [6.45, 7) is 2.56. The highest BCUT2D eigenvalue weighted by Crippen LogP contribution is 2.29. The van der Waals surface area contributed by atoms with Gasteiger partial charge in [-0.15, -0.1) is 11.3 Å². The fourth-order valence-corrected chi connectivity index (χ4v) is 4.44. The van der Waals surface area contributed by atoms with E-state index in [0.717, 1.165) is 33.1 Å². The zero-order valence-corrected chi connectivity index (χ0v) is 19.0. The zero-order valence-electron chi connectivity index (χ0n) is 18.2. The molecule has 33 heavy (non-hydrogen) atoms. The molecule has 0 radical (unpaired) electrons. The lowest BCUT2D eigenvalue weighted by Gasteiger charge is -2.08. The number of benzene rings is 3. The Hall–Kier alpha value is -3.96. The van der Waals surface area contributed by atoms with E-state index in [1.807, 2.05) is 65.5 Å². The van der Waals surface area contributed by atoms with Crippen molar-refractivity contribution in [2.75, 3.05) is 0 Å². The minimum Gasteiger partial charge on any atom is -0.348 e. The van der Waals surface area contributed by atoms with Gasteiger partial charge in [0.2, 0.25) is 0 Å². The maximum Gasteiger partial charge on any atom is 0.251 e. The third kappa shape index (κ3) is 4.78. The lowest BCUT2D eigenvalue weighted by Crippen LogP contribution is -2.22. The second kappa shape index (κ2) is 9.27. The SMILES string of the molecule is Cc1ccc(-c2csc(-c3ccc(CNC(=O)c4ccc(-n5cccc5)cc4)cc3)n2)cc1. The maximum atomic E-state index is 12.5. The first-order valence-electron chi connectivity index (χ1n) is 10.8. The summed E-state index contributed by atoms with van der Waals surface area (Å²) in [5.74, 6) is -0.0826. The fourth-order valence-electron chi connectivity index (χ4n) is 3.60. The molecule has 162 valence electrons. The molecule has 0 aliphatic carbocycles. The third-order valence-electron chi connectivity index (χ3n) is 5.54. The predicted octanol–water partition coefficient (Wildman–Crippen LogP) is 6.51. The summed E-state index contributed by atoms with van der Waals surface area (Å²) in [5.41, 5.74) is 7.16. The summed E-state index contributed by atoms with van der Waals surface area (Å²) in [7, 11) is 0. The minimum atomic E-state index is -0.0826. The van der Waals surface area contributed by atoms with E-state index >= 15 is 0 Å². The molecule has 5 aromatic rings. The van der Waals surface area contributed by atoms with Crippen LogP contribution < -0.4 is 5.32 Å². The molecule has 5 heteroatoms. The first-order valence-corrected chi connectivity index (χ1v) is 11.7. The Labute approximate surface area is 197 Å². The van der Waals surface area contributed by atoms with Gasteiger partial charge in [-0.25, -0.2) is 4.98 Å². The molecule has 1 N–H and O–H groups in total. The van der Waals surface area contributed by atoms with Crippen LogP contribution in [-0.2, 0) is 6.54 Å². The van der Waals surface area contributed by atoms with Crippen molar-refractivity contribution < 1.29 is 4.79 Å². The first-order chi connectivity index (χ1) is 16.2. The van der Waals surface area contributed by atoms with E-state index in [-0.39, 0.29) is 5.91 Å². The number of carbonyl (C=O) groups excluding carboxylic acids is 1. The largest absolute Gasteiger partial charge is 0.348 e. The van der Waals surface area contributed by atoms with E-state index in [4.69, 9.17) is 4.98 Å². The van der Waals surface area contributed by atoms with Gasteiger partial charge in [-0.3, -0.25) is 4.79 Å². The smallest absolute Gasteiger partial charge is 0.251 e. The van der Waals surface area contributed by atoms with Crippen LogP contribution in [0.15, 0.2) is 103 Å². The Balaban J connectivity index is 1.20. The molecule has 0 bridgehead atoms. The molecule has 0 unspecified atom stereocenters. The number of hydrogen-bond acceptors (Lipinski definition) is 3. The fraction of sp³-hybridized carbons (Fsp3) is 0.0714. The van der Waals surface area contributed by atoms with Crippen LogP contribution in [0.2, 0.25) is 0 Å². The molecule has 0 fully saturated rings. The molecule has 3 aromatic carbocycles. The average molecular weight is 450 g/mol. The maximum absolute atomic E-state index is 12.5. The van der Waals surface area contributed by atoms with E-state index in [9.17, 15) is 4.79 Å². The molecule has 0 aliphatic heterocycles. The van der Waals surface area contributed by atoms with E-state index in [0.29, 0.717) is 12.1 Å². The second-order valence-corrected chi connectivity index (χ2v) is 8.78. The highest BCUT2D eigenvalue weighted by molar-refractivity contribution is 7.13. The van der Waals surface area contributed by atoms with Gasteiger partial charge < -0.3 is 9.88 Å². The lowest BCUT2D eigenvalue weighted by atomic mass is 10.1. The topological polar surface area (TPSA) is 46.9 Å². The minimum absolute atomic E-state index is 0.0826. The first kappa shape index (κ1) is 20.9. The Morgan fingerprint density at radius 3 is 2.24 bits per heavy atom. The van der Waals surface area contributed by atoms with E-state index < -0.39 is 0 Å². The summed E-state index contributed by atoms with van der Waals surface area (Å²) in [4.78, 5) is 17.3. The molecule has 2 heterocycles. The molecule has 1 amide bonds. The van der Waals surface area contributed by atoms with Gasteiger partial charge in [0.25, 0.3) is 5.91 Å². The van der Waals surface area contributed by atoms with Crippen molar-refractivity contribution in [1.29, 1.82) is 0 Å². The molecule has 0 aliphatic rings. The highest BCUT2D eigenvalue weighted by Gasteiger charge is 2.08. The van der Waals surface area contributed by atoms with Gasteiger partial charge in [0, 0.05) is 46.7 Å². The van der Waals surface area contributed by atoms with Crippen molar-refractivity contribution in [2.45, 2.75) is 13.5 Å². The molecule has 0 atom stereocenters. The number of amides is 1. The number of carbonyl (C=O) groups is 1. The Morgan fingerprint density at radius 1 is 0.879 bits per heavy atom. The number of thiazole rings is 1. The normalized spacial score (nSPS) is 10.8. The molecule has 0 spiro atoms. The zero-order chi connectivity index (χ0) is 22.6. The quantitative estimate of drug-likeness (QED) is 0.321. The van der Waals surface area contributed by atoms with Crippen molar-refractivity contribution >= 4 is 17.2 Å². The number of nitrogens with one attached hydrogen (secondary N) is 1. The van der Waals surface area contributed by atoms with Gasteiger partial charge in [0.1, 0.15) is 5.01 Å². The number of aromatic nitrogens is 2. The molecular formula is C28H23N3OS. The molecule has 0 saturated heterocycles. The number of hydrogen-bond donors (Lipinski definition) is 1. The Morgan fingerprint density at radius 2 is 1.55 bits per heavy atom. The average Bonchev–Trinajstić information content (AvgIpc) is 3.56. The van der Waals surface area contributed by atoms with E-state index in [1.165, 1.54) is 5.56 Å². The number of aryl methyl sites for hydroxylation is 1. The highest BCUT2D eigenvalue weighted by atomic mass is 32.1. The van der Waals surface area contributed by atoms with Crippen LogP contribution in [0.1, 0.15) is 21.5 Å². The van der Waals surface area contributed by atoms with Crippen LogP contribution >= 0.6 is 11.3 Å². The van der Waals surface area contributed by atoms with Crippen LogP contribution in [0.4, 0.5) is 0 Å². The second-order valence-electron chi connectivity index (χ2n) is 7.92. The summed E-state index contributed by atoms with van der Waals surface area (Å²) in [5, 5.41) is 6.08. The molecule has 5 rings (SSSR count). The van der Waals surface area contributed by atoms with E-state index in [1.54, 1.807) is 11.3 Å². The summed E-state index contributed by atoms with van der Waals surface area (Å²) >= 11 is 1.64. The van der Waals surface area contributed by atoms with Gasteiger partial charge in [-0.2, -0.15) is 0 Å². The molecule has 0 saturated carbocycles. The van der Waals surface area contributed by atoms with Gasteiger partial charge >= 0.3 is 0 Å². The van der Waals surface area contributed by atoms with Crippen molar-refractivity contribution in [2.24, 2.45) is 0 Å². The van der Waals surface area contributed by atoms with Crippen LogP contribution in [0.5, 0.6) is 0 Å². The van der Waals surface area contributed by atoms with Gasteiger partial charge in [-0.1, -0.05) is 54.1 Å².